The summed E-state index contributed by atoms with van der Waals surface area (Å²) >= 11 is 0. The van der Waals surface area contributed by atoms with Crippen LogP contribution in [0.3, 0.4) is 0 Å². The molecule has 9 heteroatoms. The van der Waals surface area contributed by atoms with Crippen molar-refractivity contribution in [1.29, 1.82) is 0 Å². The van der Waals surface area contributed by atoms with Gasteiger partial charge in [-0.25, -0.2) is 4.98 Å². The summed E-state index contributed by atoms with van der Waals surface area (Å²) in [7, 11) is 0. The van der Waals surface area contributed by atoms with Crippen molar-refractivity contribution in [3.63, 3.8) is 0 Å². The Balaban J connectivity index is 1.56. The SMILES string of the molecule is O=c1c(N2CCCC(n3ccc(C(F)(F)F)n3)C2)nccn1C1CC1. The molecule has 2 aromatic heterocycles. The van der Waals surface area contributed by atoms with E-state index in [2.05, 4.69) is 10.1 Å². The lowest BCUT2D eigenvalue weighted by Gasteiger charge is -2.33. The summed E-state index contributed by atoms with van der Waals surface area (Å²) in [6.45, 7) is 1.09. The number of aromatic nitrogens is 4. The predicted octanol–water partition coefficient (Wildman–Crippen LogP) is 2.64. The smallest absolute Gasteiger partial charge is 0.350 e. The molecular weight excluding hydrogens is 335 g/mol. The van der Waals surface area contributed by atoms with Gasteiger partial charge in [-0.2, -0.15) is 18.3 Å². The first-order chi connectivity index (χ1) is 11.9. The third kappa shape index (κ3) is 3.14. The third-order valence-corrected chi connectivity index (χ3v) is 4.76. The van der Waals surface area contributed by atoms with Gasteiger partial charge in [-0.1, -0.05) is 0 Å². The van der Waals surface area contributed by atoms with Crippen LogP contribution in [0.1, 0.15) is 43.5 Å². The lowest BCUT2D eigenvalue weighted by Crippen LogP contribution is -2.41. The van der Waals surface area contributed by atoms with Crippen LogP contribution in [-0.2, 0) is 6.18 Å². The molecule has 2 fully saturated rings. The van der Waals surface area contributed by atoms with E-state index in [1.807, 2.05) is 4.90 Å². The summed E-state index contributed by atoms with van der Waals surface area (Å²) in [5.41, 5.74) is -1.01. The zero-order valence-corrected chi connectivity index (χ0v) is 13.5. The summed E-state index contributed by atoms with van der Waals surface area (Å²) in [6, 6.07) is 1.04. The van der Waals surface area contributed by atoms with E-state index in [1.165, 1.54) is 10.9 Å². The van der Waals surface area contributed by atoms with Crippen molar-refractivity contribution in [3.05, 3.63) is 40.7 Å². The van der Waals surface area contributed by atoms with Gasteiger partial charge in [0.2, 0.25) is 0 Å². The van der Waals surface area contributed by atoms with Crippen molar-refractivity contribution in [2.75, 3.05) is 18.0 Å². The van der Waals surface area contributed by atoms with Crippen molar-refractivity contribution in [3.8, 4) is 0 Å². The maximum Gasteiger partial charge on any atom is 0.435 e. The molecular formula is C16H18F3N5O. The Hall–Kier alpha value is -2.32. The highest BCUT2D eigenvalue weighted by atomic mass is 19.4. The maximum absolute atomic E-state index is 12.7. The monoisotopic (exact) mass is 353 g/mol. The van der Waals surface area contributed by atoms with Crippen molar-refractivity contribution in [1.82, 2.24) is 19.3 Å². The molecule has 0 amide bonds. The fraction of sp³-hybridized carbons (Fsp3) is 0.562. The van der Waals surface area contributed by atoms with Gasteiger partial charge in [0.15, 0.2) is 11.5 Å². The van der Waals surface area contributed by atoms with Crippen LogP contribution in [0, 0.1) is 0 Å². The standard InChI is InChI=1S/C16H18F3N5O/c17-16(18,19)13-5-8-24(21-13)12-2-1-7-22(10-12)14-15(25)23(9-6-20-14)11-3-4-11/h5-6,8-9,11-12H,1-4,7,10H2. The topological polar surface area (TPSA) is 56.0 Å². The van der Waals surface area contributed by atoms with E-state index >= 15 is 0 Å². The van der Waals surface area contributed by atoms with E-state index in [4.69, 9.17) is 0 Å². The number of hydrogen-bond acceptors (Lipinski definition) is 4. The summed E-state index contributed by atoms with van der Waals surface area (Å²) in [5.74, 6) is 0.377. The van der Waals surface area contributed by atoms with E-state index in [1.54, 1.807) is 17.0 Å². The van der Waals surface area contributed by atoms with Crippen molar-refractivity contribution in [2.45, 2.75) is 43.9 Å². The zero-order valence-electron chi connectivity index (χ0n) is 13.5. The van der Waals surface area contributed by atoms with Gasteiger partial charge in [0.1, 0.15) is 0 Å². The van der Waals surface area contributed by atoms with Gasteiger partial charge >= 0.3 is 6.18 Å². The average Bonchev–Trinajstić information content (AvgIpc) is 3.29. The second-order valence-corrected chi connectivity index (χ2v) is 6.62. The molecule has 0 radical (unpaired) electrons. The first-order valence-electron chi connectivity index (χ1n) is 8.38. The molecule has 6 nitrogen and oxygen atoms in total. The lowest BCUT2D eigenvalue weighted by atomic mass is 10.1. The van der Waals surface area contributed by atoms with E-state index in [0.717, 1.165) is 31.7 Å². The number of nitrogens with zero attached hydrogens (tertiary/aromatic N) is 5. The van der Waals surface area contributed by atoms with Gasteiger partial charge in [-0.3, -0.25) is 9.48 Å². The van der Waals surface area contributed by atoms with Crippen molar-refractivity contribution >= 4 is 5.82 Å². The Bertz CT molecular complexity index is 824. The van der Waals surface area contributed by atoms with E-state index in [9.17, 15) is 18.0 Å². The molecule has 134 valence electrons. The molecule has 1 aliphatic heterocycles. The number of halogens is 3. The number of rotatable bonds is 3. The molecule has 4 rings (SSSR count). The molecule has 2 aliphatic rings. The first kappa shape index (κ1) is 16.2. The van der Waals surface area contributed by atoms with Gasteiger partial charge in [0.05, 0.1) is 6.04 Å². The molecule has 25 heavy (non-hydrogen) atoms. The normalized spacial score (nSPS) is 21.6. The molecule has 2 aromatic rings. The van der Waals surface area contributed by atoms with Gasteiger partial charge in [-0.15, -0.1) is 0 Å². The highest BCUT2D eigenvalue weighted by Crippen LogP contribution is 2.34. The first-order valence-corrected chi connectivity index (χ1v) is 8.38. The second kappa shape index (κ2) is 5.89. The zero-order chi connectivity index (χ0) is 17.6. The average molecular weight is 353 g/mol. The summed E-state index contributed by atoms with van der Waals surface area (Å²) in [6.07, 6.45) is 3.72. The Morgan fingerprint density at radius 1 is 1.12 bits per heavy atom. The van der Waals surface area contributed by atoms with Gasteiger partial charge in [0.25, 0.3) is 5.56 Å². The van der Waals surface area contributed by atoms with Crippen LogP contribution < -0.4 is 10.5 Å². The molecule has 1 saturated heterocycles. The highest BCUT2D eigenvalue weighted by Gasteiger charge is 2.35. The Labute approximate surface area is 141 Å². The van der Waals surface area contributed by atoms with Crippen LogP contribution in [-0.4, -0.2) is 32.4 Å². The van der Waals surface area contributed by atoms with Crippen LogP contribution in [0.5, 0.6) is 0 Å². The molecule has 0 N–H and O–H groups in total. The molecule has 1 atom stereocenters. The number of anilines is 1. The molecule has 1 aliphatic carbocycles. The van der Waals surface area contributed by atoms with E-state index in [0.29, 0.717) is 18.9 Å². The lowest BCUT2D eigenvalue weighted by molar-refractivity contribution is -0.141. The van der Waals surface area contributed by atoms with Gasteiger partial charge in [0, 0.05) is 37.7 Å². The molecule has 0 spiro atoms. The molecule has 3 heterocycles. The fourth-order valence-corrected chi connectivity index (χ4v) is 3.33. The largest absolute Gasteiger partial charge is 0.435 e. The fourth-order valence-electron chi connectivity index (χ4n) is 3.33. The van der Waals surface area contributed by atoms with Crippen LogP contribution in [0.2, 0.25) is 0 Å². The highest BCUT2D eigenvalue weighted by molar-refractivity contribution is 5.37. The minimum atomic E-state index is -4.45. The Morgan fingerprint density at radius 3 is 2.60 bits per heavy atom. The van der Waals surface area contributed by atoms with Crippen molar-refractivity contribution < 1.29 is 13.2 Å². The minimum absolute atomic E-state index is 0.123. The quantitative estimate of drug-likeness (QED) is 0.851. The molecule has 0 bridgehead atoms. The van der Waals surface area contributed by atoms with E-state index < -0.39 is 11.9 Å². The molecule has 0 aromatic carbocycles. The summed E-state index contributed by atoms with van der Waals surface area (Å²) < 4.78 is 41.3. The van der Waals surface area contributed by atoms with Crippen LogP contribution in [0.25, 0.3) is 0 Å². The number of piperidine rings is 1. The molecule has 1 saturated carbocycles. The third-order valence-electron chi connectivity index (χ3n) is 4.76. The maximum atomic E-state index is 12.7. The van der Waals surface area contributed by atoms with Crippen LogP contribution in [0.4, 0.5) is 19.0 Å². The van der Waals surface area contributed by atoms with Crippen LogP contribution >= 0.6 is 0 Å². The Kier molecular flexibility index (Phi) is 3.81. The molecule has 1 unspecified atom stereocenters. The van der Waals surface area contributed by atoms with E-state index in [-0.39, 0.29) is 17.6 Å². The number of alkyl halides is 3. The van der Waals surface area contributed by atoms with Crippen molar-refractivity contribution in [2.24, 2.45) is 0 Å². The van der Waals surface area contributed by atoms with Gasteiger partial charge in [-0.05, 0) is 31.7 Å². The summed E-state index contributed by atoms with van der Waals surface area (Å²) in [5, 5.41) is 3.67. The van der Waals surface area contributed by atoms with Gasteiger partial charge < -0.3 is 9.47 Å². The minimum Gasteiger partial charge on any atom is -0.350 e. The Morgan fingerprint density at radius 2 is 1.92 bits per heavy atom. The van der Waals surface area contributed by atoms with Crippen LogP contribution in [0.15, 0.2) is 29.5 Å². The number of hydrogen-bond donors (Lipinski definition) is 0. The second-order valence-electron chi connectivity index (χ2n) is 6.62. The predicted molar refractivity (Wildman–Crippen MR) is 84.5 cm³/mol. The summed E-state index contributed by atoms with van der Waals surface area (Å²) in [4.78, 5) is 18.7.